The Morgan fingerprint density at radius 3 is 2.70 bits per heavy atom. The highest BCUT2D eigenvalue weighted by atomic mass is 32.2. The van der Waals surface area contributed by atoms with E-state index in [9.17, 15) is 17.9 Å². The lowest BCUT2D eigenvalue weighted by atomic mass is 9.97. The topological polar surface area (TPSA) is 112 Å². The maximum Gasteiger partial charge on any atom is 0.243 e. The number of hydrogen-bond donors (Lipinski definition) is 3. The van der Waals surface area contributed by atoms with Crippen LogP contribution in [0.3, 0.4) is 0 Å². The standard InChI is InChI=1S/C18H19FN4O3S/c1-10-13(4-5-16-17(10)18(20)22-21-16)14-3-2-12(8-15(14)19)27(25,26)23-7-6-11(24)9-23/h2-5,8,11,24H,6-7,9H2,1H3,(H3,20,21,22). The van der Waals surface area contributed by atoms with E-state index >= 15 is 0 Å². The van der Waals surface area contributed by atoms with Gasteiger partial charge in [-0.15, -0.1) is 0 Å². The summed E-state index contributed by atoms with van der Waals surface area (Å²) in [6.45, 7) is 2.07. The Balaban J connectivity index is 1.77. The third kappa shape index (κ3) is 2.88. The van der Waals surface area contributed by atoms with Crippen LogP contribution in [-0.2, 0) is 10.0 Å². The van der Waals surface area contributed by atoms with Gasteiger partial charge in [-0.3, -0.25) is 5.10 Å². The summed E-state index contributed by atoms with van der Waals surface area (Å²) in [5.74, 6) is -0.308. The van der Waals surface area contributed by atoms with Gasteiger partial charge < -0.3 is 10.8 Å². The Kier molecular flexibility index (Phi) is 4.17. The van der Waals surface area contributed by atoms with Crippen molar-refractivity contribution in [2.24, 2.45) is 0 Å². The Morgan fingerprint density at radius 2 is 2.04 bits per heavy atom. The molecule has 1 fully saturated rings. The largest absolute Gasteiger partial charge is 0.392 e. The fourth-order valence-electron chi connectivity index (χ4n) is 3.56. The summed E-state index contributed by atoms with van der Waals surface area (Å²) in [7, 11) is -3.84. The molecule has 1 atom stereocenters. The zero-order valence-electron chi connectivity index (χ0n) is 14.6. The number of hydrogen-bond acceptors (Lipinski definition) is 5. The van der Waals surface area contributed by atoms with E-state index in [1.165, 1.54) is 16.4 Å². The molecule has 1 unspecified atom stereocenters. The normalized spacial score (nSPS) is 18.4. The van der Waals surface area contributed by atoms with Crippen LogP contribution in [0.2, 0.25) is 0 Å². The van der Waals surface area contributed by atoms with Crippen LogP contribution in [0.15, 0.2) is 35.2 Å². The molecule has 0 radical (unpaired) electrons. The van der Waals surface area contributed by atoms with Gasteiger partial charge in [0.1, 0.15) is 5.82 Å². The summed E-state index contributed by atoms with van der Waals surface area (Å²) < 4.78 is 41.3. The van der Waals surface area contributed by atoms with Gasteiger partial charge in [-0.1, -0.05) is 12.1 Å². The smallest absolute Gasteiger partial charge is 0.243 e. The summed E-state index contributed by atoms with van der Waals surface area (Å²) in [5.41, 5.74) is 8.30. The summed E-state index contributed by atoms with van der Waals surface area (Å²) >= 11 is 0. The van der Waals surface area contributed by atoms with Gasteiger partial charge in [-0.2, -0.15) is 9.40 Å². The predicted octanol–water partition coefficient (Wildman–Crippen LogP) is 2.01. The van der Waals surface area contributed by atoms with Crippen molar-refractivity contribution in [3.63, 3.8) is 0 Å². The number of nitrogens with one attached hydrogen (secondary N) is 1. The van der Waals surface area contributed by atoms with Crippen LogP contribution in [0.25, 0.3) is 22.0 Å². The number of anilines is 1. The fourth-order valence-corrected chi connectivity index (χ4v) is 5.06. The minimum atomic E-state index is -3.84. The zero-order valence-corrected chi connectivity index (χ0v) is 15.4. The summed E-state index contributed by atoms with van der Waals surface area (Å²) in [6, 6.07) is 7.38. The first-order valence-electron chi connectivity index (χ1n) is 8.50. The fraction of sp³-hybridized carbons (Fsp3) is 0.278. The van der Waals surface area contributed by atoms with Crippen molar-refractivity contribution in [1.82, 2.24) is 14.5 Å². The Bertz CT molecular complexity index is 1140. The number of aromatic amines is 1. The van der Waals surface area contributed by atoms with Gasteiger partial charge in [0, 0.05) is 24.0 Å². The lowest BCUT2D eigenvalue weighted by molar-refractivity contribution is 0.189. The van der Waals surface area contributed by atoms with E-state index in [0.717, 1.165) is 22.5 Å². The monoisotopic (exact) mass is 390 g/mol. The first kappa shape index (κ1) is 17.9. The first-order chi connectivity index (χ1) is 12.8. The molecule has 0 saturated carbocycles. The minimum absolute atomic E-state index is 0.0290. The van der Waals surface area contributed by atoms with E-state index in [1.54, 1.807) is 12.1 Å². The van der Waals surface area contributed by atoms with E-state index in [1.807, 2.05) is 6.92 Å². The molecule has 0 bridgehead atoms. The molecule has 4 rings (SSSR count). The molecule has 4 N–H and O–H groups in total. The molecule has 0 aliphatic carbocycles. The minimum Gasteiger partial charge on any atom is -0.392 e. The van der Waals surface area contributed by atoms with E-state index in [0.29, 0.717) is 17.8 Å². The van der Waals surface area contributed by atoms with Crippen LogP contribution in [0.1, 0.15) is 12.0 Å². The van der Waals surface area contributed by atoms with Gasteiger partial charge >= 0.3 is 0 Å². The van der Waals surface area contributed by atoms with Crippen molar-refractivity contribution in [3.8, 4) is 11.1 Å². The van der Waals surface area contributed by atoms with E-state index in [-0.39, 0.29) is 23.5 Å². The molecule has 1 saturated heterocycles. The predicted molar refractivity (Wildman–Crippen MR) is 100 cm³/mol. The second-order valence-electron chi connectivity index (χ2n) is 6.72. The molecule has 0 amide bonds. The maximum atomic E-state index is 14.8. The molecule has 1 aliphatic heterocycles. The van der Waals surface area contributed by atoms with Crippen molar-refractivity contribution < 1.29 is 17.9 Å². The molecule has 27 heavy (non-hydrogen) atoms. The van der Waals surface area contributed by atoms with Crippen LogP contribution in [0.5, 0.6) is 0 Å². The molecule has 1 aromatic heterocycles. The SMILES string of the molecule is Cc1c(-c2ccc(S(=O)(=O)N3CCC(O)C3)cc2F)ccc2[nH]nc(N)c12. The van der Waals surface area contributed by atoms with Gasteiger partial charge in [0.05, 0.1) is 16.5 Å². The Morgan fingerprint density at radius 1 is 1.30 bits per heavy atom. The van der Waals surface area contributed by atoms with Gasteiger partial charge in [-0.05, 0) is 42.7 Å². The molecule has 1 aliphatic rings. The number of aromatic nitrogens is 2. The highest BCUT2D eigenvalue weighted by molar-refractivity contribution is 7.89. The second-order valence-corrected chi connectivity index (χ2v) is 8.65. The number of nitrogens with zero attached hydrogens (tertiary/aromatic N) is 2. The highest BCUT2D eigenvalue weighted by Gasteiger charge is 2.32. The van der Waals surface area contributed by atoms with Crippen LogP contribution >= 0.6 is 0 Å². The lowest BCUT2D eigenvalue weighted by Crippen LogP contribution is -2.29. The molecular weight excluding hydrogens is 371 g/mol. The number of nitrogens with two attached hydrogens (primary N) is 1. The highest BCUT2D eigenvalue weighted by Crippen LogP contribution is 2.34. The number of sulfonamides is 1. The molecule has 2 aromatic carbocycles. The van der Waals surface area contributed by atoms with Gasteiger partial charge in [0.25, 0.3) is 0 Å². The van der Waals surface area contributed by atoms with Crippen molar-refractivity contribution >= 4 is 26.7 Å². The van der Waals surface area contributed by atoms with E-state index < -0.39 is 21.9 Å². The Labute approximate surface area is 155 Å². The molecule has 9 heteroatoms. The third-order valence-electron chi connectivity index (χ3n) is 5.01. The molecule has 3 aromatic rings. The van der Waals surface area contributed by atoms with Crippen molar-refractivity contribution in [1.29, 1.82) is 0 Å². The van der Waals surface area contributed by atoms with Crippen molar-refractivity contribution in [2.75, 3.05) is 18.8 Å². The van der Waals surface area contributed by atoms with Gasteiger partial charge in [-0.25, -0.2) is 12.8 Å². The average molecular weight is 390 g/mol. The summed E-state index contributed by atoms with van der Waals surface area (Å²) in [5, 5.41) is 17.1. The number of nitrogen functional groups attached to an aromatic ring is 1. The summed E-state index contributed by atoms with van der Waals surface area (Å²) in [6.07, 6.45) is -0.302. The molecular formula is C18H19FN4O3S. The van der Waals surface area contributed by atoms with Crippen LogP contribution in [0, 0.1) is 12.7 Å². The number of aliphatic hydroxyl groups is 1. The van der Waals surface area contributed by atoms with Crippen molar-refractivity contribution in [2.45, 2.75) is 24.3 Å². The van der Waals surface area contributed by atoms with Crippen LogP contribution in [0.4, 0.5) is 10.2 Å². The Hall–Kier alpha value is -2.49. The number of halogens is 1. The van der Waals surface area contributed by atoms with Crippen LogP contribution < -0.4 is 5.73 Å². The number of rotatable bonds is 3. The maximum absolute atomic E-state index is 14.8. The number of H-pyrrole nitrogens is 1. The van der Waals surface area contributed by atoms with Crippen LogP contribution in [-0.4, -0.2) is 47.2 Å². The molecule has 142 valence electrons. The van der Waals surface area contributed by atoms with Gasteiger partial charge in [0.2, 0.25) is 10.0 Å². The number of aliphatic hydroxyl groups excluding tert-OH is 1. The van der Waals surface area contributed by atoms with E-state index in [2.05, 4.69) is 10.2 Å². The number of benzene rings is 2. The lowest BCUT2D eigenvalue weighted by Gasteiger charge is -2.16. The molecule has 2 heterocycles. The summed E-state index contributed by atoms with van der Waals surface area (Å²) in [4.78, 5) is -0.126. The van der Waals surface area contributed by atoms with E-state index in [4.69, 9.17) is 5.73 Å². The quantitative estimate of drug-likeness (QED) is 0.633. The number of β-amino-alcohol motifs (C(OH)–C–C–N with tert-alkyl or cyclic N) is 1. The molecule has 7 nitrogen and oxygen atoms in total. The zero-order chi connectivity index (χ0) is 19.3. The number of fused-ring (bicyclic) bond motifs is 1. The van der Waals surface area contributed by atoms with Gasteiger partial charge in [0.15, 0.2) is 5.82 Å². The first-order valence-corrected chi connectivity index (χ1v) is 9.94. The third-order valence-corrected chi connectivity index (χ3v) is 6.87. The molecule has 0 spiro atoms. The number of aryl methyl sites for hydroxylation is 1. The average Bonchev–Trinajstić information content (AvgIpc) is 3.22. The second kappa shape index (κ2) is 6.29. The van der Waals surface area contributed by atoms with Crippen molar-refractivity contribution in [3.05, 3.63) is 41.7 Å².